The molecular weight excluding hydrogens is 260 g/mol. The number of pyridine rings is 1. The van der Waals surface area contributed by atoms with E-state index in [0.717, 1.165) is 17.8 Å². The van der Waals surface area contributed by atoms with Crippen LogP contribution in [0, 0.1) is 0 Å². The van der Waals surface area contributed by atoms with E-state index in [1.165, 1.54) is 0 Å². The summed E-state index contributed by atoms with van der Waals surface area (Å²) in [5.74, 6) is 0.666. The zero-order chi connectivity index (χ0) is 15.3. The highest BCUT2D eigenvalue weighted by Crippen LogP contribution is 2.20. The van der Waals surface area contributed by atoms with Crippen LogP contribution < -0.4 is 10.1 Å². The number of benzene rings is 1. The van der Waals surface area contributed by atoms with Crippen molar-refractivity contribution in [2.75, 3.05) is 0 Å². The maximum Gasteiger partial charge on any atom is 0.214 e. The van der Waals surface area contributed by atoms with E-state index in [4.69, 9.17) is 4.74 Å². The Hall–Kier alpha value is -1.87. The van der Waals surface area contributed by atoms with Crippen molar-refractivity contribution in [2.45, 2.75) is 45.9 Å². The van der Waals surface area contributed by atoms with Crippen molar-refractivity contribution in [1.82, 2.24) is 10.3 Å². The van der Waals surface area contributed by atoms with Crippen molar-refractivity contribution in [3.63, 3.8) is 0 Å². The third-order valence-electron chi connectivity index (χ3n) is 3.15. The van der Waals surface area contributed by atoms with Gasteiger partial charge in [-0.3, -0.25) is 0 Å². The Morgan fingerprint density at radius 2 is 1.76 bits per heavy atom. The molecule has 1 aromatic heterocycles. The monoisotopic (exact) mass is 284 g/mol. The predicted molar refractivity (Wildman–Crippen MR) is 86.3 cm³/mol. The molecule has 0 saturated heterocycles. The molecule has 0 fully saturated rings. The third-order valence-corrected chi connectivity index (χ3v) is 3.15. The molecule has 2 aromatic rings. The van der Waals surface area contributed by atoms with E-state index in [0.29, 0.717) is 5.88 Å². The van der Waals surface area contributed by atoms with Gasteiger partial charge in [0, 0.05) is 18.2 Å². The molecule has 0 bridgehead atoms. The van der Waals surface area contributed by atoms with E-state index in [2.05, 4.69) is 43.2 Å². The summed E-state index contributed by atoms with van der Waals surface area (Å²) in [5, 5.41) is 3.43. The van der Waals surface area contributed by atoms with Gasteiger partial charge >= 0.3 is 0 Å². The molecule has 3 heteroatoms. The number of nitrogens with one attached hydrogen (secondary N) is 1. The smallest absolute Gasteiger partial charge is 0.214 e. The zero-order valence-electron chi connectivity index (χ0n) is 13.3. The molecule has 1 atom stereocenters. The summed E-state index contributed by atoms with van der Waals surface area (Å²) in [7, 11) is 0. The van der Waals surface area contributed by atoms with Gasteiger partial charge in [0.1, 0.15) is 6.10 Å². The van der Waals surface area contributed by atoms with Crippen LogP contribution in [0.3, 0.4) is 0 Å². The molecule has 1 unspecified atom stereocenters. The average molecular weight is 284 g/mol. The Balaban J connectivity index is 2.01. The molecule has 21 heavy (non-hydrogen) atoms. The van der Waals surface area contributed by atoms with Crippen molar-refractivity contribution >= 4 is 0 Å². The highest BCUT2D eigenvalue weighted by atomic mass is 16.5. The number of hydrogen-bond donors (Lipinski definition) is 1. The topological polar surface area (TPSA) is 34.1 Å². The molecule has 0 saturated carbocycles. The standard InChI is InChI=1S/C18H24N2O/c1-14(15-9-6-5-7-10-15)21-17-12-8-11-16(20-17)13-19-18(2,3)4/h5-12,14,19H,13H2,1-4H3. The average Bonchev–Trinajstić information content (AvgIpc) is 2.46. The van der Waals surface area contributed by atoms with Crippen molar-refractivity contribution in [2.24, 2.45) is 0 Å². The second-order valence-electron chi connectivity index (χ2n) is 6.24. The minimum Gasteiger partial charge on any atom is -0.470 e. The molecule has 1 aromatic carbocycles. The first-order valence-corrected chi connectivity index (χ1v) is 7.36. The molecule has 3 nitrogen and oxygen atoms in total. The van der Waals surface area contributed by atoms with Gasteiger partial charge in [0.2, 0.25) is 5.88 Å². The van der Waals surface area contributed by atoms with Crippen LogP contribution in [0.1, 0.15) is 45.1 Å². The third kappa shape index (κ3) is 5.20. The van der Waals surface area contributed by atoms with E-state index in [1.54, 1.807) is 0 Å². The fourth-order valence-corrected chi connectivity index (χ4v) is 1.95. The molecule has 0 radical (unpaired) electrons. The fraction of sp³-hybridized carbons (Fsp3) is 0.389. The van der Waals surface area contributed by atoms with Crippen LogP contribution in [0.5, 0.6) is 5.88 Å². The molecule has 0 aliphatic carbocycles. The lowest BCUT2D eigenvalue weighted by molar-refractivity contribution is 0.216. The van der Waals surface area contributed by atoms with Gasteiger partial charge in [-0.05, 0) is 39.3 Å². The number of rotatable bonds is 5. The minimum atomic E-state index is -0.00970. The SMILES string of the molecule is CC(Oc1cccc(CNC(C)(C)C)n1)c1ccccc1. The van der Waals surface area contributed by atoms with Gasteiger partial charge in [-0.2, -0.15) is 0 Å². The highest BCUT2D eigenvalue weighted by Gasteiger charge is 2.10. The van der Waals surface area contributed by atoms with Gasteiger partial charge in [0.25, 0.3) is 0 Å². The molecular formula is C18H24N2O. The molecule has 0 aliphatic heterocycles. The van der Waals surface area contributed by atoms with Crippen LogP contribution in [0.2, 0.25) is 0 Å². The quantitative estimate of drug-likeness (QED) is 0.897. The number of aromatic nitrogens is 1. The summed E-state index contributed by atoms with van der Waals surface area (Å²) in [6, 6.07) is 16.1. The summed E-state index contributed by atoms with van der Waals surface area (Å²) in [6.07, 6.45) is -0.00970. The van der Waals surface area contributed by atoms with Crippen LogP contribution in [0.25, 0.3) is 0 Å². The Bertz CT molecular complexity index is 561. The van der Waals surface area contributed by atoms with E-state index >= 15 is 0 Å². The lowest BCUT2D eigenvalue weighted by atomic mass is 10.1. The van der Waals surface area contributed by atoms with Crippen LogP contribution in [0.4, 0.5) is 0 Å². The van der Waals surface area contributed by atoms with E-state index in [-0.39, 0.29) is 11.6 Å². The molecule has 112 valence electrons. The lowest BCUT2D eigenvalue weighted by Crippen LogP contribution is -2.35. The molecule has 0 amide bonds. The molecule has 0 spiro atoms. The summed E-state index contributed by atoms with van der Waals surface area (Å²) in [4.78, 5) is 4.56. The van der Waals surface area contributed by atoms with Crippen molar-refractivity contribution in [3.05, 3.63) is 59.8 Å². The number of nitrogens with zero attached hydrogens (tertiary/aromatic N) is 1. The molecule has 0 aliphatic rings. The fourth-order valence-electron chi connectivity index (χ4n) is 1.95. The van der Waals surface area contributed by atoms with Gasteiger partial charge in [0.15, 0.2) is 0 Å². The van der Waals surface area contributed by atoms with Gasteiger partial charge in [-0.1, -0.05) is 36.4 Å². The summed E-state index contributed by atoms with van der Waals surface area (Å²) in [6.45, 7) is 9.21. The Labute approximate surface area is 127 Å². The summed E-state index contributed by atoms with van der Waals surface area (Å²) < 4.78 is 5.93. The van der Waals surface area contributed by atoms with Crippen molar-refractivity contribution in [1.29, 1.82) is 0 Å². The number of ether oxygens (including phenoxy) is 1. The summed E-state index contributed by atoms with van der Waals surface area (Å²) >= 11 is 0. The first-order valence-electron chi connectivity index (χ1n) is 7.36. The van der Waals surface area contributed by atoms with Crippen LogP contribution in [0.15, 0.2) is 48.5 Å². The van der Waals surface area contributed by atoms with Crippen LogP contribution >= 0.6 is 0 Å². The number of hydrogen-bond acceptors (Lipinski definition) is 3. The van der Waals surface area contributed by atoms with Gasteiger partial charge in [-0.15, -0.1) is 0 Å². The normalized spacial score (nSPS) is 13.0. The van der Waals surface area contributed by atoms with Gasteiger partial charge < -0.3 is 10.1 Å². The second kappa shape index (κ2) is 6.72. The molecule has 2 rings (SSSR count). The highest BCUT2D eigenvalue weighted by molar-refractivity contribution is 5.20. The lowest BCUT2D eigenvalue weighted by Gasteiger charge is -2.20. The minimum absolute atomic E-state index is 0.00970. The molecule has 1 N–H and O–H groups in total. The largest absolute Gasteiger partial charge is 0.470 e. The van der Waals surface area contributed by atoms with E-state index in [1.807, 2.05) is 43.3 Å². The summed E-state index contributed by atoms with van der Waals surface area (Å²) in [5.41, 5.74) is 2.22. The molecule has 1 heterocycles. The van der Waals surface area contributed by atoms with Crippen LogP contribution in [-0.4, -0.2) is 10.5 Å². The van der Waals surface area contributed by atoms with Crippen LogP contribution in [-0.2, 0) is 6.54 Å². The zero-order valence-corrected chi connectivity index (χ0v) is 13.3. The van der Waals surface area contributed by atoms with Crippen molar-refractivity contribution in [3.8, 4) is 5.88 Å². The Morgan fingerprint density at radius 3 is 2.43 bits per heavy atom. The van der Waals surface area contributed by atoms with Gasteiger partial charge in [-0.25, -0.2) is 4.98 Å². The first kappa shape index (κ1) is 15.5. The first-order chi connectivity index (χ1) is 9.94. The van der Waals surface area contributed by atoms with Crippen molar-refractivity contribution < 1.29 is 4.74 Å². The Kier molecular flexibility index (Phi) is 4.97. The van der Waals surface area contributed by atoms with Gasteiger partial charge in [0.05, 0.1) is 5.69 Å². The predicted octanol–water partition coefficient (Wildman–Crippen LogP) is 4.11. The maximum absolute atomic E-state index is 5.93. The van der Waals surface area contributed by atoms with E-state index in [9.17, 15) is 0 Å². The maximum atomic E-state index is 5.93. The second-order valence-corrected chi connectivity index (χ2v) is 6.24. The Morgan fingerprint density at radius 1 is 1.05 bits per heavy atom. The van der Waals surface area contributed by atoms with E-state index < -0.39 is 0 Å².